The monoisotopic (exact) mass is 180 g/mol. The lowest BCUT2D eigenvalue weighted by molar-refractivity contribution is 0.0744. The summed E-state index contributed by atoms with van der Waals surface area (Å²) in [6.07, 6.45) is 3.81. The summed E-state index contributed by atoms with van der Waals surface area (Å²) in [6.45, 7) is 11.9. The first kappa shape index (κ1) is 9.26. The summed E-state index contributed by atoms with van der Waals surface area (Å²) < 4.78 is 5.72. The van der Waals surface area contributed by atoms with E-state index in [4.69, 9.17) is 4.74 Å². The predicted molar refractivity (Wildman–Crippen MR) is 54.6 cm³/mol. The summed E-state index contributed by atoms with van der Waals surface area (Å²) >= 11 is 0. The van der Waals surface area contributed by atoms with Crippen LogP contribution in [0.2, 0.25) is 0 Å². The van der Waals surface area contributed by atoms with Crippen molar-refractivity contribution in [1.82, 2.24) is 0 Å². The van der Waals surface area contributed by atoms with Crippen LogP contribution < -0.4 is 0 Å². The van der Waals surface area contributed by atoms with E-state index in [0.29, 0.717) is 0 Å². The Balaban J connectivity index is 2.24. The molecule has 1 aliphatic heterocycles. The Morgan fingerprint density at radius 3 is 2.62 bits per heavy atom. The van der Waals surface area contributed by atoms with Crippen LogP contribution in [0.4, 0.5) is 0 Å². The van der Waals surface area contributed by atoms with Crippen molar-refractivity contribution in [3.05, 3.63) is 12.2 Å². The van der Waals surface area contributed by atoms with Gasteiger partial charge in [-0.15, -0.1) is 0 Å². The summed E-state index contributed by atoms with van der Waals surface area (Å²) in [5.41, 5.74) is 1.73. The molecule has 3 atom stereocenters. The molecular formula is C12H20O. The lowest BCUT2D eigenvalue weighted by Gasteiger charge is -2.42. The zero-order chi connectivity index (χ0) is 9.69. The molecule has 0 aromatic carbocycles. The Bertz CT molecular complexity index is 240. The number of ether oxygens (including phenoxy) is 1. The largest absolute Gasteiger partial charge is 0.369 e. The van der Waals surface area contributed by atoms with Crippen LogP contribution in [0.15, 0.2) is 12.2 Å². The first-order valence-electron chi connectivity index (χ1n) is 5.30. The van der Waals surface area contributed by atoms with Crippen LogP contribution >= 0.6 is 0 Å². The molecule has 13 heavy (non-hydrogen) atoms. The average Bonchev–Trinajstić information content (AvgIpc) is 2.79. The lowest BCUT2D eigenvalue weighted by atomic mass is 9.61. The van der Waals surface area contributed by atoms with Crippen molar-refractivity contribution in [2.45, 2.75) is 45.6 Å². The highest BCUT2D eigenvalue weighted by molar-refractivity contribution is 5.22. The molecule has 1 heterocycles. The lowest BCUT2D eigenvalue weighted by Crippen LogP contribution is -2.42. The smallest absolute Gasteiger partial charge is 0.101 e. The molecule has 1 aliphatic carbocycles. The Morgan fingerprint density at radius 2 is 2.15 bits per heavy atom. The molecule has 0 N–H and O–H groups in total. The maximum atomic E-state index is 5.72. The van der Waals surface area contributed by atoms with Crippen molar-refractivity contribution in [3.63, 3.8) is 0 Å². The Kier molecular flexibility index (Phi) is 1.85. The fourth-order valence-corrected chi connectivity index (χ4v) is 2.78. The summed E-state index contributed by atoms with van der Waals surface area (Å²) in [7, 11) is 0. The van der Waals surface area contributed by atoms with Gasteiger partial charge in [0.25, 0.3) is 0 Å². The molecule has 0 amide bonds. The topological polar surface area (TPSA) is 12.5 Å². The summed E-state index contributed by atoms with van der Waals surface area (Å²) in [6, 6.07) is 0. The minimum absolute atomic E-state index is 0.177. The van der Waals surface area contributed by atoms with Crippen LogP contribution in [0, 0.1) is 11.3 Å². The van der Waals surface area contributed by atoms with Crippen LogP contribution in [0.3, 0.4) is 0 Å². The van der Waals surface area contributed by atoms with Crippen molar-refractivity contribution in [3.8, 4) is 0 Å². The van der Waals surface area contributed by atoms with Gasteiger partial charge in [0, 0.05) is 5.41 Å². The number of epoxide rings is 1. The van der Waals surface area contributed by atoms with Gasteiger partial charge in [-0.3, -0.25) is 0 Å². The van der Waals surface area contributed by atoms with Gasteiger partial charge in [-0.05, 0) is 32.1 Å². The van der Waals surface area contributed by atoms with Gasteiger partial charge >= 0.3 is 0 Å². The highest BCUT2D eigenvalue weighted by Crippen LogP contribution is 2.58. The van der Waals surface area contributed by atoms with E-state index < -0.39 is 0 Å². The quantitative estimate of drug-likeness (QED) is 0.446. The van der Waals surface area contributed by atoms with E-state index >= 15 is 0 Å². The van der Waals surface area contributed by atoms with Gasteiger partial charge in [-0.2, -0.15) is 0 Å². The molecule has 1 saturated heterocycles. The predicted octanol–water partition coefficient (Wildman–Crippen LogP) is 3.16. The van der Waals surface area contributed by atoms with E-state index in [1.165, 1.54) is 24.8 Å². The highest BCUT2D eigenvalue weighted by Gasteiger charge is 2.61. The molecule has 0 aromatic heterocycles. The maximum Gasteiger partial charge on any atom is 0.101 e. The molecule has 2 aliphatic rings. The van der Waals surface area contributed by atoms with Crippen LogP contribution in [-0.2, 0) is 4.74 Å². The molecule has 0 aromatic rings. The molecular weight excluding hydrogens is 160 g/mol. The van der Waals surface area contributed by atoms with E-state index in [0.717, 1.165) is 12.5 Å². The number of hydrogen-bond donors (Lipinski definition) is 0. The van der Waals surface area contributed by atoms with Crippen molar-refractivity contribution >= 4 is 0 Å². The van der Waals surface area contributed by atoms with Crippen LogP contribution in [0.25, 0.3) is 0 Å². The zero-order valence-corrected chi connectivity index (χ0v) is 9.02. The van der Waals surface area contributed by atoms with E-state index in [1.54, 1.807) is 0 Å². The normalized spacial score (nSPS) is 49.3. The minimum Gasteiger partial charge on any atom is -0.369 e. The highest BCUT2D eigenvalue weighted by atomic mass is 16.6. The van der Waals surface area contributed by atoms with E-state index in [9.17, 15) is 0 Å². The molecule has 1 saturated carbocycles. The average molecular weight is 180 g/mol. The maximum absolute atomic E-state index is 5.72. The van der Waals surface area contributed by atoms with Crippen LogP contribution in [0.5, 0.6) is 0 Å². The third-order valence-corrected chi connectivity index (χ3v) is 4.26. The SMILES string of the molecule is C=C(C)C1(C)CCC(C)CC12CO2. The Hall–Kier alpha value is -0.300. The van der Waals surface area contributed by atoms with E-state index in [2.05, 4.69) is 27.4 Å². The Labute approximate surface area is 81.2 Å². The molecule has 3 unspecified atom stereocenters. The second-order valence-corrected chi connectivity index (χ2v) is 5.24. The molecule has 1 nitrogen and oxygen atoms in total. The van der Waals surface area contributed by atoms with Crippen LogP contribution in [0.1, 0.15) is 40.0 Å². The van der Waals surface area contributed by atoms with Gasteiger partial charge in [-0.1, -0.05) is 26.0 Å². The first-order chi connectivity index (χ1) is 6.00. The third kappa shape index (κ3) is 1.17. The summed E-state index contributed by atoms with van der Waals surface area (Å²) in [4.78, 5) is 0. The Morgan fingerprint density at radius 1 is 1.54 bits per heavy atom. The van der Waals surface area contributed by atoms with E-state index in [1.807, 2.05) is 0 Å². The number of hydrogen-bond acceptors (Lipinski definition) is 1. The molecule has 2 rings (SSSR count). The van der Waals surface area contributed by atoms with Crippen LogP contribution in [-0.4, -0.2) is 12.2 Å². The first-order valence-corrected chi connectivity index (χ1v) is 5.30. The van der Waals surface area contributed by atoms with E-state index in [-0.39, 0.29) is 11.0 Å². The molecule has 1 spiro atoms. The minimum atomic E-state index is 0.177. The molecule has 0 bridgehead atoms. The second kappa shape index (κ2) is 2.60. The summed E-state index contributed by atoms with van der Waals surface area (Å²) in [5.74, 6) is 0.829. The van der Waals surface area contributed by atoms with Gasteiger partial charge in [0.2, 0.25) is 0 Å². The summed E-state index contributed by atoms with van der Waals surface area (Å²) in [5, 5.41) is 0. The van der Waals surface area contributed by atoms with Gasteiger partial charge in [-0.25, -0.2) is 0 Å². The fourth-order valence-electron chi connectivity index (χ4n) is 2.78. The standard InChI is InChI=1S/C12H20O/c1-9(2)11(4)6-5-10(3)7-12(11)8-13-12/h10H,1,5-8H2,2-4H3. The van der Waals surface area contributed by atoms with Crippen molar-refractivity contribution in [2.24, 2.45) is 11.3 Å². The van der Waals surface area contributed by atoms with Crippen molar-refractivity contribution < 1.29 is 4.74 Å². The third-order valence-electron chi connectivity index (χ3n) is 4.26. The van der Waals surface area contributed by atoms with Gasteiger partial charge in [0.15, 0.2) is 0 Å². The second-order valence-electron chi connectivity index (χ2n) is 5.24. The van der Waals surface area contributed by atoms with Gasteiger partial charge in [0.05, 0.1) is 6.61 Å². The fraction of sp³-hybridized carbons (Fsp3) is 0.833. The van der Waals surface area contributed by atoms with Gasteiger partial charge < -0.3 is 4.74 Å². The molecule has 74 valence electrons. The molecule has 2 fully saturated rings. The van der Waals surface area contributed by atoms with Crippen molar-refractivity contribution in [2.75, 3.05) is 6.61 Å². The zero-order valence-electron chi connectivity index (χ0n) is 9.02. The number of rotatable bonds is 1. The van der Waals surface area contributed by atoms with Crippen molar-refractivity contribution in [1.29, 1.82) is 0 Å². The molecule has 1 heteroatoms. The molecule has 0 radical (unpaired) electrons. The van der Waals surface area contributed by atoms with Gasteiger partial charge in [0.1, 0.15) is 5.60 Å².